The zero-order valence-electron chi connectivity index (χ0n) is 20.8. The molecule has 0 aromatic heterocycles. The highest BCUT2D eigenvalue weighted by Gasteiger charge is 2.76. The number of allylic oxidation sites excluding steroid dienone is 2. The van der Waals surface area contributed by atoms with E-state index < -0.39 is 69.4 Å². The maximum atomic E-state index is 13.7. The molecule has 0 bridgehead atoms. The Balaban J connectivity index is 1.57. The van der Waals surface area contributed by atoms with E-state index in [0.29, 0.717) is 16.5 Å². The van der Waals surface area contributed by atoms with Crippen molar-refractivity contribution in [3.63, 3.8) is 0 Å². The average molecular weight is 571 g/mol. The van der Waals surface area contributed by atoms with Gasteiger partial charge in [-0.25, -0.2) is 0 Å². The number of fused-ring (bicyclic) bond motifs is 5. The highest BCUT2D eigenvalue weighted by Crippen LogP contribution is 2.66. The van der Waals surface area contributed by atoms with Crippen LogP contribution in [0.2, 0.25) is 0 Å². The Labute approximate surface area is 232 Å². The fourth-order valence-electron chi connectivity index (χ4n) is 7.14. The fraction of sp³-hybridized carbons (Fsp3) is 0.393. The Morgan fingerprint density at radius 1 is 1.03 bits per heavy atom. The van der Waals surface area contributed by atoms with Gasteiger partial charge in [0.2, 0.25) is 11.8 Å². The molecule has 39 heavy (non-hydrogen) atoms. The minimum atomic E-state index is -2.01. The number of benzene rings is 2. The van der Waals surface area contributed by atoms with Crippen LogP contribution in [-0.4, -0.2) is 73.0 Å². The number of alkyl halides is 2. The van der Waals surface area contributed by atoms with E-state index in [1.165, 1.54) is 13.1 Å². The topological polar surface area (TPSA) is 132 Å². The maximum absolute atomic E-state index is 13.7. The van der Waals surface area contributed by atoms with Crippen LogP contribution in [0.25, 0.3) is 10.8 Å². The van der Waals surface area contributed by atoms with Gasteiger partial charge >= 0.3 is 5.97 Å². The molecule has 6 rings (SSSR count). The number of rotatable bonds is 4. The molecule has 202 valence electrons. The fourth-order valence-corrected chi connectivity index (χ4v) is 8.14. The van der Waals surface area contributed by atoms with Crippen LogP contribution in [0.1, 0.15) is 30.7 Å². The Hall–Kier alpha value is -3.43. The number of phenols is 1. The number of imide groups is 2. The smallest absolute Gasteiger partial charge is 0.305 e. The normalized spacial score (nSPS) is 33.8. The van der Waals surface area contributed by atoms with E-state index >= 15 is 0 Å². The molecule has 3 fully saturated rings. The van der Waals surface area contributed by atoms with Crippen molar-refractivity contribution in [2.45, 2.75) is 34.9 Å². The van der Waals surface area contributed by atoms with Gasteiger partial charge in [0.25, 0.3) is 11.8 Å². The molecule has 4 aliphatic rings. The number of hydrogen-bond acceptors (Lipinski definition) is 6. The molecule has 2 N–H and O–H groups in total. The van der Waals surface area contributed by atoms with Crippen LogP contribution in [0.15, 0.2) is 48.0 Å². The molecule has 0 spiro atoms. The molecule has 2 heterocycles. The molecule has 4 amide bonds. The lowest BCUT2D eigenvalue weighted by Gasteiger charge is -2.51. The van der Waals surface area contributed by atoms with E-state index in [1.807, 2.05) is 12.1 Å². The first-order valence-corrected chi connectivity index (χ1v) is 13.4. The van der Waals surface area contributed by atoms with Crippen LogP contribution in [0.3, 0.4) is 0 Å². The number of halogens is 2. The van der Waals surface area contributed by atoms with E-state index in [4.69, 9.17) is 28.3 Å². The molecule has 2 aromatic rings. The quantitative estimate of drug-likeness (QED) is 0.328. The van der Waals surface area contributed by atoms with Crippen molar-refractivity contribution in [1.29, 1.82) is 0 Å². The van der Waals surface area contributed by atoms with Crippen LogP contribution in [0.4, 0.5) is 0 Å². The van der Waals surface area contributed by atoms with E-state index in [0.717, 1.165) is 15.2 Å². The average Bonchev–Trinajstić information content (AvgIpc) is 3.22. The van der Waals surface area contributed by atoms with E-state index in [1.54, 1.807) is 24.3 Å². The summed E-state index contributed by atoms with van der Waals surface area (Å²) in [6.45, 7) is -0.263. The minimum absolute atomic E-state index is 0.145. The second-order valence-electron chi connectivity index (χ2n) is 10.7. The van der Waals surface area contributed by atoms with Crippen molar-refractivity contribution in [2.75, 3.05) is 13.6 Å². The second-order valence-corrected chi connectivity index (χ2v) is 11.9. The number of aromatic hydroxyl groups is 1. The number of carboxylic acids is 1. The van der Waals surface area contributed by atoms with Gasteiger partial charge in [-0.3, -0.25) is 33.8 Å². The lowest BCUT2D eigenvalue weighted by molar-refractivity contribution is -0.143. The van der Waals surface area contributed by atoms with Crippen molar-refractivity contribution in [2.24, 2.45) is 17.8 Å². The number of phenolic OH excluding ortho intramolecular Hbond substituents is 1. The number of hydrogen-bond donors (Lipinski definition) is 2. The van der Waals surface area contributed by atoms with Crippen LogP contribution in [0.5, 0.6) is 5.75 Å². The largest absolute Gasteiger partial charge is 0.508 e. The van der Waals surface area contributed by atoms with Gasteiger partial charge in [0.1, 0.15) is 5.75 Å². The summed E-state index contributed by atoms with van der Waals surface area (Å²) in [4.78, 5) is 63.2. The summed E-state index contributed by atoms with van der Waals surface area (Å²) in [5.41, 5.74) is 0.880. The zero-order valence-corrected chi connectivity index (χ0v) is 22.3. The predicted octanol–water partition coefficient (Wildman–Crippen LogP) is 3.01. The summed E-state index contributed by atoms with van der Waals surface area (Å²) in [5, 5.41) is 21.7. The lowest BCUT2D eigenvalue weighted by atomic mass is 9.56. The number of carbonyl (C=O) groups excluding carboxylic acids is 4. The number of likely N-dealkylation sites (tertiary alicyclic amines) is 2. The summed E-state index contributed by atoms with van der Waals surface area (Å²) in [6, 6.07) is 10.4. The SMILES string of the molecule is CN1C(=O)C2(Cl)CC3C(=CCC4C(=O)N(CCC(=O)O)C(=O)C43)C(c3c(O)ccc4ccccc34)C2(Cl)C1=O. The molecule has 2 aromatic carbocycles. The molecular weight excluding hydrogens is 547 g/mol. The lowest BCUT2D eigenvalue weighted by Crippen LogP contribution is -2.60. The molecule has 6 unspecified atom stereocenters. The summed E-state index contributed by atoms with van der Waals surface area (Å²) < 4.78 is 0. The number of nitrogens with zero attached hydrogens (tertiary/aromatic N) is 2. The Morgan fingerprint density at radius 3 is 2.46 bits per heavy atom. The summed E-state index contributed by atoms with van der Waals surface area (Å²) in [6.07, 6.45) is 1.37. The monoisotopic (exact) mass is 570 g/mol. The standard InChI is InChI=1S/C28H24Cl2N2O7/c1-31-25(38)27(29)12-17-15(7-8-16-20(17)24(37)32(23(16)36)11-10-19(34)35)22(28(27,30)26(31)39)21-14-5-3-2-4-13(14)6-9-18(21)33/h2-7,9,16-17,20,22,33H,8,10-12H2,1H3,(H,34,35). The maximum Gasteiger partial charge on any atom is 0.305 e. The van der Waals surface area contributed by atoms with Gasteiger partial charge < -0.3 is 10.2 Å². The molecule has 9 nitrogen and oxygen atoms in total. The minimum Gasteiger partial charge on any atom is -0.508 e. The van der Waals surface area contributed by atoms with Gasteiger partial charge in [0.05, 0.1) is 18.3 Å². The van der Waals surface area contributed by atoms with Gasteiger partial charge in [-0.2, -0.15) is 0 Å². The van der Waals surface area contributed by atoms with E-state index in [-0.39, 0.29) is 25.1 Å². The van der Waals surface area contributed by atoms with Crippen LogP contribution < -0.4 is 0 Å². The molecule has 2 saturated heterocycles. The molecule has 6 atom stereocenters. The van der Waals surface area contributed by atoms with Crippen molar-refractivity contribution in [3.05, 3.63) is 53.6 Å². The van der Waals surface area contributed by atoms with E-state index in [2.05, 4.69) is 0 Å². The highest BCUT2D eigenvalue weighted by molar-refractivity contribution is 6.53. The van der Waals surface area contributed by atoms with Crippen LogP contribution in [0, 0.1) is 17.8 Å². The van der Waals surface area contributed by atoms with Crippen LogP contribution >= 0.6 is 23.2 Å². The van der Waals surface area contributed by atoms with Crippen molar-refractivity contribution >= 4 is 63.6 Å². The number of aliphatic carboxylic acids is 1. The van der Waals surface area contributed by atoms with Gasteiger partial charge in [-0.15, -0.1) is 23.2 Å². The van der Waals surface area contributed by atoms with Gasteiger partial charge in [0, 0.05) is 25.1 Å². The molecule has 2 aliphatic heterocycles. The van der Waals surface area contributed by atoms with Gasteiger partial charge in [-0.1, -0.05) is 42.0 Å². The zero-order chi connectivity index (χ0) is 28.0. The summed E-state index contributed by atoms with van der Waals surface area (Å²) in [7, 11) is 1.30. The first-order valence-electron chi connectivity index (χ1n) is 12.6. The predicted molar refractivity (Wildman–Crippen MR) is 140 cm³/mol. The third-order valence-electron chi connectivity index (χ3n) is 8.89. The Morgan fingerprint density at radius 2 is 1.74 bits per heavy atom. The highest BCUT2D eigenvalue weighted by atomic mass is 35.5. The van der Waals surface area contributed by atoms with Crippen molar-refractivity contribution in [1.82, 2.24) is 9.80 Å². The summed E-state index contributed by atoms with van der Waals surface area (Å²) in [5.74, 6) is -7.20. The number of amides is 4. The third-order valence-corrected chi connectivity index (χ3v) is 10.3. The molecular formula is C28H24Cl2N2O7. The molecule has 2 aliphatic carbocycles. The Kier molecular flexibility index (Phi) is 5.65. The molecule has 11 heteroatoms. The van der Waals surface area contributed by atoms with Gasteiger partial charge in [0.15, 0.2) is 9.75 Å². The van der Waals surface area contributed by atoms with Gasteiger partial charge in [-0.05, 0) is 35.6 Å². The molecule has 1 saturated carbocycles. The molecule has 0 radical (unpaired) electrons. The first-order chi connectivity index (χ1) is 18.4. The van der Waals surface area contributed by atoms with Crippen LogP contribution in [-0.2, 0) is 24.0 Å². The summed E-state index contributed by atoms with van der Waals surface area (Å²) >= 11 is 14.3. The Bertz CT molecular complexity index is 1540. The number of carbonyl (C=O) groups is 5. The van der Waals surface area contributed by atoms with E-state index in [9.17, 15) is 29.1 Å². The van der Waals surface area contributed by atoms with Crippen molar-refractivity contribution in [3.8, 4) is 5.75 Å². The van der Waals surface area contributed by atoms with Crippen molar-refractivity contribution < 1.29 is 34.2 Å². The first kappa shape index (κ1) is 25.8. The second kappa shape index (κ2) is 8.53. The third kappa shape index (κ3) is 3.23. The number of carboxylic acid groups (broad SMARTS) is 1.